The van der Waals surface area contributed by atoms with Crippen molar-refractivity contribution < 1.29 is 9.72 Å². The summed E-state index contributed by atoms with van der Waals surface area (Å²) in [5.41, 5.74) is 2.50. The van der Waals surface area contributed by atoms with E-state index in [1.807, 2.05) is 32.0 Å². The third-order valence-corrected chi connectivity index (χ3v) is 3.43. The van der Waals surface area contributed by atoms with Gasteiger partial charge in [-0.1, -0.05) is 50.2 Å². The molecule has 23 heavy (non-hydrogen) atoms. The molecule has 0 spiro atoms. The standard InChI is InChI=1S/C18H18N2O3/c1-13(2)15-8-9-17(19-10-11-20(22)23)16(12-15)18(21)14-6-4-3-5-7-14/h3-10,12-13H,11H2,1-2H3. The summed E-state index contributed by atoms with van der Waals surface area (Å²) < 4.78 is 0. The smallest absolute Gasteiger partial charge is 0.238 e. The Morgan fingerprint density at radius 3 is 2.52 bits per heavy atom. The van der Waals surface area contributed by atoms with Crippen molar-refractivity contribution in [2.45, 2.75) is 19.8 Å². The first kappa shape index (κ1) is 16.5. The predicted molar refractivity (Wildman–Crippen MR) is 90.4 cm³/mol. The zero-order chi connectivity index (χ0) is 16.8. The third-order valence-electron chi connectivity index (χ3n) is 3.43. The maximum absolute atomic E-state index is 12.7. The summed E-state index contributed by atoms with van der Waals surface area (Å²) in [6.07, 6.45) is 1.21. The van der Waals surface area contributed by atoms with Crippen molar-refractivity contribution in [1.82, 2.24) is 0 Å². The van der Waals surface area contributed by atoms with E-state index in [-0.39, 0.29) is 18.2 Å². The van der Waals surface area contributed by atoms with Gasteiger partial charge in [-0.25, -0.2) is 0 Å². The molecule has 5 nitrogen and oxygen atoms in total. The number of rotatable bonds is 6. The van der Waals surface area contributed by atoms with Crippen LogP contribution in [0.15, 0.2) is 53.5 Å². The van der Waals surface area contributed by atoms with Gasteiger partial charge in [-0.2, -0.15) is 0 Å². The Balaban J connectivity index is 2.44. The van der Waals surface area contributed by atoms with Crippen molar-refractivity contribution in [3.8, 4) is 0 Å². The third kappa shape index (κ3) is 4.32. The topological polar surface area (TPSA) is 72.6 Å². The Kier molecular flexibility index (Phi) is 5.36. The zero-order valence-corrected chi connectivity index (χ0v) is 13.1. The summed E-state index contributed by atoms with van der Waals surface area (Å²) in [7, 11) is 0. The van der Waals surface area contributed by atoms with Gasteiger partial charge in [0.2, 0.25) is 6.54 Å². The second kappa shape index (κ2) is 7.45. The lowest BCUT2D eigenvalue weighted by atomic mass is 9.95. The molecule has 0 atom stereocenters. The number of ketones is 1. The Bertz CT molecular complexity index is 737. The first-order valence-electron chi connectivity index (χ1n) is 7.37. The molecule has 0 heterocycles. The summed E-state index contributed by atoms with van der Waals surface area (Å²) in [4.78, 5) is 26.8. The fourth-order valence-corrected chi connectivity index (χ4v) is 2.16. The van der Waals surface area contributed by atoms with Crippen molar-refractivity contribution in [1.29, 1.82) is 0 Å². The molecule has 2 rings (SSSR count). The number of benzene rings is 2. The minimum absolute atomic E-state index is 0.138. The lowest BCUT2D eigenvalue weighted by Gasteiger charge is -2.10. The SMILES string of the molecule is CC(C)c1ccc(N=CC[N+](=O)[O-])c(C(=O)c2ccccc2)c1. The van der Waals surface area contributed by atoms with Gasteiger partial charge in [0.05, 0.1) is 11.9 Å². The van der Waals surface area contributed by atoms with E-state index in [1.165, 1.54) is 6.21 Å². The van der Waals surface area contributed by atoms with E-state index in [2.05, 4.69) is 4.99 Å². The molecule has 0 amide bonds. The van der Waals surface area contributed by atoms with Gasteiger partial charge in [0.25, 0.3) is 0 Å². The van der Waals surface area contributed by atoms with Crippen LogP contribution in [0.3, 0.4) is 0 Å². The fraction of sp³-hybridized carbons (Fsp3) is 0.222. The highest BCUT2D eigenvalue weighted by molar-refractivity contribution is 6.12. The molecule has 0 bridgehead atoms. The Hall–Kier alpha value is -2.82. The van der Waals surface area contributed by atoms with E-state index in [1.54, 1.807) is 30.3 Å². The van der Waals surface area contributed by atoms with Crippen LogP contribution in [0.1, 0.15) is 41.3 Å². The Labute approximate surface area is 134 Å². The van der Waals surface area contributed by atoms with E-state index < -0.39 is 4.92 Å². The highest BCUT2D eigenvalue weighted by Crippen LogP contribution is 2.26. The summed E-state index contributed by atoms with van der Waals surface area (Å²) in [5, 5.41) is 10.4. The lowest BCUT2D eigenvalue weighted by molar-refractivity contribution is -0.462. The molecule has 0 aromatic heterocycles. The number of aliphatic imine (C=N–C) groups is 1. The molecular weight excluding hydrogens is 292 g/mol. The first-order valence-corrected chi connectivity index (χ1v) is 7.37. The summed E-state index contributed by atoms with van der Waals surface area (Å²) >= 11 is 0. The maximum Gasteiger partial charge on any atom is 0.238 e. The molecule has 2 aromatic rings. The van der Waals surface area contributed by atoms with Gasteiger partial charge >= 0.3 is 0 Å². The fourth-order valence-electron chi connectivity index (χ4n) is 2.16. The molecule has 0 unspecified atom stereocenters. The summed E-state index contributed by atoms with van der Waals surface area (Å²) in [5.74, 6) is 0.135. The molecule has 0 fully saturated rings. The number of carbonyl (C=O) groups is 1. The van der Waals surface area contributed by atoms with Crippen LogP contribution in [-0.4, -0.2) is 23.5 Å². The second-order valence-corrected chi connectivity index (χ2v) is 5.45. The largest absolute Gasteiger partial charge is 0.289 e. The molecule has 0 aliphatic heterocycles. The van der Waals surface area contributed by atoms with Gasteiger partial charge in [0, 0.05) is 16.1 Å². The lowest BCUT2D eigenvalue weighted by Crippen LogP contribution is -2.04. The predicted octanol–water partition coefficient (Wildman–Crippen LogP) is 4.02. The maximum atomic E-state index is 12.7. The van der Waals surface area contributed by atoms with Crippen LogP contribution in [-0.2, 0) is 0 Å². The van der Waals surface area contributed by atoms with Crippen LogP contribution < -0.4 is 0 Å². The van der Waals surface area contributed by atoms with Gasteiger partial charge < -0.3 is 0 Å². The van der Waals surface area contributed by atoms with Gasteiger partial charge in [-0.05, 0) is 23.6 Å². The monoisotopic (exact) mass is 310 g/mol. The Morgan fingerprint density at radius 2 is 1.91 bits per heavy atom. The van der Waals surface area contributed by atoms with E-state index in [9.17, 15) is 14.9 Å². The van der Waals surface area contributed by atoms with Gasteiger partial charge in [-0.15, -0.1) is 0 Å². The van der Waals surface area contributed by atoms with Crippen LogP contribution in [0.4, 0.5) is 5.69 Å². The zero-order valence-electron chi connectivity index (χ0n) is 13.1. The van der Waals surface area contributed by atoms with Crippen molar-refractivity contribution >= 4 is 17.7 Å². The number of nitrogens with zero attached hydrogens (tertiary/aromatic N) is 2. The highest BCUT2D eigenvalue weighted by atomic mass is 16.6. The molecular formula is C18H18N2O3. The molecule has 0 radical (unpaired) electrons. The van der Waals surface area contributed by atoms with Gasteiger partial charge in [-0.3, -0.25) is 19.9 Å². The average Bonchev–Trinajstić information content (AvgIpc) is 2.54. The van der Waals surface area contributed by atoms with Crippen molar-refractivity contribution in [2.75, 3.05) is 6.54 Å². The normalized spacial score (nSPS) is 11.1. The summed E-state index contributed by atoms with van der Waals surface area (Å²) in [6.45, 7) is 3.72. The van der Waals surface area contributed by atoms with Crippen molar-refractivity contribution in [3.05, 3.63) is 75.3 Å². The highest BCUT2D eigenvalue weighted by Gasteiger charge is 2.15. The molecule has 2 aromatic carbocycles. The quantitative estimate of drug-likeness (QED) is 0.350. The minimum atomic E-state index is -0.468. The molecule has 0 saturated carbocycles. The molecule has 0 N–H and O–H groups in total. The van der Waals surface area contributed by atoms with Crippen molar-refractivity contribution in [3.63, 3.8) is 0 Å². The second-order valence-electron chi connectivity index (χ2n) is 5.45. The number of hydrogen-bond donors (Lipinski definition) is 0. The van der Waals surface area contributed by atoms with Crippen LogP contribution >= 0.6 is 0 Å². The van der Waals surface area contributed by atoms with Crippen molar-refractivity contribution in [2.24, 2.45) is 4.99 Å². The Morgan fingerprint density at radius 1 is 1.22 bits per heavy atom. The number of hydrogen-bond acceptors (Lipinski definition) is 4. The number of carbonyl (C=O) groups excluding carboxylic acids is 1. The van der Waals surface area contributed by atoms with Crippen LogP contribution in [0, 0.1) is 10.1 Å². The van der Waals surface area contributed by atoms with E-state index in [0.29, 0.717) is 16.8 Å². The molecule has 118 valence electrons. The van der Waals surface area contributed by atoms with Crippen LogP contribution in [0.2, 0.25) is 0 Å². The number of nitro groups is 1. The molecule has 5 heteroatoms. The van der Waals surface area contributed by atoms with E-state index >= 15 is 0 Å². The van der Waals surface area contributed by atoms with Gasteiger partial charge in [0.1, 0.15) is 0 Å². The van der Waals surface area contributed by atoms with Crippen LogP contribution in [0.5, 0.6) is 0 Å². The van der Waals surface area contributed by atoms with E-state index in [4.69, 9.17) is 0 Å². The van der Waals surface area contributed by atoms with Gasteiger partial charge in [0.15, 0.2) is 5.78 Å². The average molecular weight is 310 g/mol. The minimum Gasteiger partial charge on any atom is -0.289 e. The molecule has 0 saturated heterocycles. The van der Waals surface area contributed by atoms with E-state index in [0.717, 1.165) is 5.56 Å². The first-order chi connectivity index (χ1) is 11.0. The molecule has 0 aliphatic rings. The van der Waals surface area contributed by atoms with Crippen LogP contribution in [0.25, 0.3) is 0 Å². The molecule has 0 aliphatic carbocycles. The summed E-state index contributed by atoms with van der Waals surface area (Å²) in [6, 6.07) is 14.4.